The lowest BCUT2D eigenvalue weighted by atomic mass is 10.0. The van der Waals surface area contributed by atoms with E-state index in [1.165, 1.54) is 24.5 Å². The van der Waals surface area contributed by atoms with Crippen molar-refractivity contribution in [3.05, 3.63) is 95.2 Å². The summed E-state index contributed by atoms with van der Waals surface area (Å²) in [5.41, 5.74) is 1.97. The normalized spacial score (nSPS) is 11.1. The Kier molecular flexibility index (Phi) is 5.63. The minimum Gasteiger partial charge on any atom is -0.478 e. The third-order valence-corrected chi connectivity index (χ3v) is 5.76. The molecule has 0 aliphatic carbocycles. The molecule has 0 spiro atoms. The van der Waals surface area contributed by atoms with E-state index in [1.54, 1.807) is 32.0 Å². The largest absolute Gasteiger partial charge is 0.478 e. The molecule has 2 aromatic heterocycles. The van der Waals surface area contributed by atoms with Crippen LogP contribution in [0.15, 0.2) is 60.9 Å². The zero-order valence-electron chi connectivity index (χ0n) is 19.1. The highest BCUT2D eigenvalue weighted by molar-refractivity contribution is 5.97. The van der Waals surface area contributed by atoms with Crippen LogP contribution >= 0.6 is 0 Å². The third kappa shape index (κ3) is 3.92. The standard InChI is InChI=1S/C26H18F3N5O2/c1-13-4-3-5-17(26(35)36)23(13)32-25-22(15-10-19(29)24-20(11-15)30-8-9-31-24)14(2)33-34(25)21-12-16(27)6-7-18(21)28/h3-12,32H,1-2H3,(H,35,36). The van der Waals surface area contributed by atoms with Crippen molar-refractivity contribution >= 4 is 28.5 Å². The number of aromatic carboxylic acids is 1. The van der Waals surface area contributed by atoms with Gasteiger partial charge in [0.05, 0.1) is 22.5 Å². The molecule has 10 heteroatoms. The summed E-state index contributed by atoms with van der Waals surface area (Å²) in [6, 6.07) is 10.5. The van der Waals surface area contributed by atoms with Gasteiger partial charge in [-0.25, -0.2) is 27.6 Å². The Morgan fingerprint density at radius 3 is 2.53 bits per heavy atom. The fourth-order valence-electron chi connectivity index (χ4n) is 4.12. The fraction of sp³-hybridized carbons (Fsp3) is 0.0769. The van der Waals surface area contributed by atoms with E-state index >= 15 is 0 Å². The summed E-state index contributed by atoms with van der Waals surface area (Å²) in [6.07, 6.45) is 2.80. The van der Waals surface area contributed by atoms with Gasteiger partial charge in [0.15, 0.2) is 5.82 Å². The van der Waals surface area contributed by atoms with E-state index < -0.39 is 23.4 Å². The Morgan fingerprint density at radius 2 is 1.75 bits per heavy atom. The van der Waals surface area contributed by atoms with Crippen LogP contribution in [0.3, 0.4) is 0 Å². The lowest BCUT2D eigenvalue weighted by Gasteiger charge is -2.17. The number of nitrogens with zero attached hydrogens (tertiary/aromatic N) is 4. The number of aryl methyl sites for hydroxylation is 2. The number of benzene rings is 3. The van der Waals surface area contributed by atoms with Gasteiger partial charge in [-0.1, -0.05) is 12.1 Å². The lowest BCUT2D eigenvalue weighted by molar-refractivity contribution is 0.0698. The highest BCUT2D eigenvalue weighted by atomic mass is 19.1. The number of hydrogen-bond donors (Lipinski definition) is 2. The summed E-state index contributed by atoms with van der Waals surface area (Å²) in [7, 11) is 0. The highest BCUT2D eigenvalue weighted by Crippen LogP contribution is 2.38. The summed E-state index contributed by atoms with van der Waals surface area (Å²) in [5, 5.41) is 17.2. The molecule has 2 N–H and O–H groups in total. The number of rotatable bonds is 5. The van der Waals surface area contributed by atoms with Gasteiger partial charge in [-0.2, -0.15) is 5.10 Å². The Labute approximate surface area is 202 Å². The molecule has 5 rings (SSSR count). The van der Waals surface area contributed by atoms with E-state index in [1.807, 2.05) is 0 Å². The molecule has 36 heavy (non-hydrogen) atoms. The number of halogens is 3. The van der Waals surface area contributed by atoms with Crippen LogP contribution in [0.1, 0.15) is 21.6 Å². The van der Waals surface area contributed by atoms with E-state index in [-0.39, 0.29) is 33.8 Å². The molecule has 3 aromatic carbocycles. The zero-order chi connectivity index (χ0) is 25.6. The maximum absolute atomic E-state index is 15.0. The zero-order valence-corrected chi connectivity index (χ0v) is 19.1. The minimum atomic E-state index is -1.19. The van der Waals surface area contributed by atoms with Gasteiger partial charge < -0.3 is 10.4 Å². The maximum atomic E-state index is 15.0. The van der Waals surface area contributed by atoms with Crippen LogP contribution in [-0.2, 0) is 0 Å². The molecule has 180 valence electrons. The Bertz CT molecular complexity index is 1670. The van der Waals surface area contributed by atoms with Gasteiger partial charge in [-0.05, 0) is 55.3 Å². The number of fused-ring (bicyclic) bond motifs is 1. The molecule has 0 radical (unpaired) electrons. The number of para-hydroxylation sites is 1. The van der Waals surface area contributed by atoms with Gasteiger partial charge >= 0.3 is 5.97 Å². The molecular weight excluding hydrogens is 471 g/mol. The van der Waals surface area contributed by atoms with Crippen molar-refractivity contribution < 1.29 is 23.1 Å². The van der Waals surface area contributed by atoms with E-state index in [0.717, 1.165) is 22.9 Å². The predicted octanol–water partition coefficient (Wildman–Crippen LogP) is 5.96. The summed E-state index contributed by atoms with van der Waals surface area (Å²) in [5.74, 6) is -3.15. The van der Waals surface area contributed by atoms with Gasteiger partial charge in [0.1, 0.15) is 28.7 Å². The quantitative estimate of drug-likeness (QED) is 0.317. The second-order valence-electron chi connectivity index (χ2n) is 8.13. The molecule has 0 unspecified atom stereocenters. The van der Waals surface area contributed by atoms with Crippen molar-refractivity contribution in [1.82, 2.24) is 19.7 Å². The molecule has 2 heterocycles. The number of hydrogen-bond acceptors (Lipinski definition) is 5. The Balaban J connectivity index is 1.82. The molecule has 0 saturated heterocycles. The van der Waals surface area contributed by atoms with E-state index in [4.69, 9.17) is 0 Å². The van der Waals surface area contributed by atoms with Crippen LogP contribution < -0.4 is 5.32 Å². The lowest BCUT2D eigenvalue weighted by Crippen LogP contribution is -2.10. The summed E-state index contributed by atoms with van der Waals surface area (Å²) in [4.78, 5) is 20.1. The van der Waals surface area contributed by atoms with Gasteiger partial charge in [0.2, 0.25) is 0 Å². The first kappa shape index (κ1) is 23.0. The number of aromatic nitrogens is 4. The van der Waals surface area contributed by atoms with Crippen molar-refractivity contribution in [3.63, 3.8) is 0 Å². The molecule has 0 aliphatic rings. The second kappa shape index (κ2) is 8.81. The van der Waals surface area contributed by atoms with Crippen molar-refractivity contribution in [3.8, 4) is 16.8 Å². The van der Waals surface area contributed by atoms with Crippen LogP contribution in [0.5, 0.6) is 0 Å². The monoisotopic (exact) mass is 489 g/mol. The number of nitrogens with one attached hydrogen (secondary N) is 1. The van der Waals surface area contributed by atoms with E-state index in [2.05, 4.69) is 20.4 Å². The van der Waals surface area contributed by atoms with Crippen molar-refractivity contribution in [2.45, 2.75) is 13.8 Å². The van der Waals surface area contributed by atoms with Gasteiger partial charge in [0.25, 0.3) is 0 Å². The first-order chi connectivity index (χ1) is 17.2. The second-order valence-corrected chi connectivity index (χ2v) is 8.13. The third-order valence-electron chi connectivity index (χ3n) is 5.76. The molecule has 0 bridgehead atoms. The van der Waals surface area contributed by atoms with Gasteiger partial charge in [-0.3, -0.25) is 4.98 Å². The Hall–Kier alpha value is -4.73. The average molecular weight is 489 g/mol. The molecule has 0 aliphatic heterocycles. The molecule has 5 aromatic rings. The number of anilines is 2. The number of carboxylic acids is 1. The molecule has 0 atom stereocenters. The summed E-state index contributed by atoms with van der Waals surface area (Å²) < 4.78 is 45.1. The van der Waals surface area contributed by atoms with Crippen LogP contribution in [0.2, 0.25) is 0 Å². The minimum absolute atomic E-state index is 0.0402. The molecule has 0 amide bonds. The summed E-state index contributed by atoms with van der Waals surface area (Å²) in [6.45, 7) is 3.33. The first-order valence-electron chi connectivity index (χ1n) is 10.8. The predicted molar refractivity (Wildman–Crippen MR) is 128 cm³/mol. The number of carboxylic acid groups (broad SMARTS) is 1. The van der Waals surface area contributed by atoms with Crippen LogP contribution in [0, 0.1) is 31.3 Å². The van der Waals surface area contributed by atoms with Gasteiger partial charge in [-0.15, -0.1) is 0 Å². The molecule has 0 saturated carbocycles. The van der Waals surface area contributed by atoms with E-state index in [9.17, 15) is 23.1 Å². The van der Waals surface area contributed by atoms with Crippen molar-refractivity contribution in [1.29, 1.82) is 0 Å². The topological polar surface area (TPSA) is 92.9 Å². The molecular formula is C26H18F3N5O2. The smallest absolute Gasteiger partial charge is 0.337 e. The van der Waals surface area contributed by atoms with E-state index in [0.29, 0.717) is 22.4 Å². The molecule has 0 fully saturated rings. The maximum Gasteiger partial charge on any atom is 0.337 e. The van der Waals surface area contributed by atoms with Gasteiger partial charge in [0, 0.05) is 24.0 Å². The number of carbonyl (C=O) groups is 1. The van der Waals surface area contributed by atoms with Crippen molar-refractivity contribution in [2.75, 3.05) is 5.32 Å². The van der Waals surface area contributed by atoms with Crippen molar-refractivity contribution in [2.24, 2.45) is 0 Å². The van der Waals surface area contributed by atoms with Crippen LogP contribution in [-0.4, -0.2) is 30.8 Å². The highest BCUT2D eigenvalue weighted by Gasteiger charge is 2.24. The SMILES string of the molecule is Cc1cccc(C(=O)O)c1Nc1c(-c2cc(F)c3nccnc3c2)c(C)nn1-c1cc(F)ccc1F. The Morgan fingerprint density at radius 1 is 0.972 bits per heavy atom. The fourth-order valence-corrected chi connectivity index (χ4v) is 4.12. The van der Waals surface area contributed by atoms with Crippen LogP contribution in [0.4, 0.5) is 24.7 Å². The summed E-state index contributed by atoms with van der Waals surface area (Å²) >= 11 is 0. The first-order valence-corrected chi connectivity index (χ1v) is 10.8. The average Bonchev–Trinajstić information content (AvgIpc) is 3.17. The molecule has 7 nitrogen and oxygen atoms in total. The van der Waals surface area contributed by atoms with Crippen LogP contribution in [0.25, 0.3) is 27.8 Å².